The van der Waals surface area contributed by atoms with E-state index < -0.39 is 0 Å². The van der Waals surface area contributed by atoms with Crippen LogP contribution in [-0.4, -0.2) is 5.11 Å². The molecule has 3 heteroatoms. The van der Waals surface area contributed by atoms with Crippen molar-refractivity contribution in [2.24, 2.45) is 0 Å². The van der Waals surface area contributed by atoms with Crippen LogP contribution in [-0.2, 0) is 6.61 Å². The van der Waals surface area contributed by atoms with E-state index in [1.807, 2.05) is 43.3 Å². The van der Waals surface area contributed by atoms with Crippen molar-refractivity contribution in [3.8, 4) is 11.5 Å². The van der Waals surface area contributed by atoms with Crippen molar-refractivity contribution >= 4 is 15.9 Å². The summed E-state index contributed by atoms with van der Waals surface area (Å²) >= 11 is 3.42. The fraction of sp³-hybridized carbons (Fsp3) is 0.143. The zero-order valence-corrected chi connectivity index (χ0v) is 11.1. The number of phenols is 1. The molecule has 17 heavy (non-hydrogen) atoms. The van der Waals surface area contributed by atoms with Crippen molar-refractivity contribution in [2.75, 3.05) is 0 Å². The van der Waals surface area contributed by atoms with Crippen LogP contribution in [0.15, 0.2) is 46.9 Å². The van der Waals surface area contributed by atoms with Crippen LogP contribution in [0.25, 0.3) is 0 Å². The van der Waals surface area contributed by atoms with Crippen LogP contribution in [0, 0.1) is 6.92 Å². The van der Waals surface area contributed by atoms with Gasteiger partial charge in [0.1, 0.15) is 6.61 Å². The number of benzene rings is 2. The van der Waals surface area contributed by atoms with Crippen molar-refractivity contribution in [3.63, 3.8) is 0 Å². The molecule has 0 spiro atoms. The first-order valence-electron chi connectivity index (χ1n) is 5.33. The van der Waals surface area contributed by atoms with E-state index in [9.17, 15) is 5.11 Å². The van der Waals surface area contributed by atoms with E-state index >= 15 is 0 Å². The lowest BCUT2D eigenvalue weighted by Gasteiger charge is -2.11. The first kappa shape index (κ1) is 12.0. The molecule has 0 bridgehead atoms. The number of ether oxygens (including phenoxy) is 1. The molecule has 1 N–H and O–H groups in total. The molecule has 0 aliphatic carbocycles. The van der Waals surface area contributed by atoms with Gasteiger partial charge in [-0.3, -0.25) is 0 Å². The molecule has 0 saturated carbocycles. The number of hydrogen-bond donors (Lipinski definition) is 1. The Hall–Kier alpha value is -1.48. The van der Waals surface area contributed by atoms with E-state index in [4.69, 9.17) is 4.74 Å². The van der Waals surface area contributed by atoms with Gasteiger partial charge in [-0.1, -0.05) is 36.4 Å². The van der Waals surface area contributed by atoms with E-state index in [0.29, 0.717) is 12.4 Å². The average Bonchev–Trinajstić information content (AvgIpc) is 2.35. The highest BCUT2D eigenvalue weighted by Crippen LogP contribution is 2.37. The van der Waals surface area contributed by atoms with Crippen molar-refractivity contribution in [3.05, 3.63) is 58.1 Å². The Bertz CT molecular complexity index is 509. The van der Waals surface area contributed by atoms with Crippen LogP contribution in [0.5, 0.6) is 11.5 Å². The van der Waals surface area contributed by atoms with Gasteiger partial charge in [0.15, 0.2) is 11.5 Å². The van der Waals surface area contributed by atoms with Crippen molar-refractivity contribution in [2.45, 2.75) is 13.5 Å². The molecule has 0 aliphatic rings. The molecular formula is C14H13BrO2. The van der Waals surface area contributed by atoms with E-state index in [1.54, 1.807) is 6.07 Å². The molecule has 2 nitrogen and oxygen atoms in total. The summed E-state index contributed by atoms with van der Waals surface area (Å²) in [5, 5.41) is 9.74. The van der Waals surface area contributed by atoms with E-state index in [-0.39, 0.29) is 5.75 Å². The molecule has 0 saturated heterocycles. The molecule has 88 valence electrons. The van der Waals surface area contributed by atoms with Gasteiger partial charge in [-0.25, -0.2) is 0 Å². The molecule has 0 fully saturated rings. The quantitative estimate of drug-likeness (QED) is 0.925. The maximum atomic E-state index is 9.74. The smallest absolute Gasteiger partial charge is 0.175 e. The monoisotopic (exact) mass is 292 g/mol. The van der Waals surface area contributed by atoms with E-state index in [0.717, 1.165) is 15.6 Å². The van der Waals surface area contributed by atoms with Gasteiger partial charge in [-0.2, -0.15) is 0 Å². The summed E-state index contributed by atoms with van der Waals surface area (Å²) in [7, 11) is 0. The Morgan fingerprint density at radius 1 is 1.12 bits per heavy atom. The number of phenolic OH excluding ortho intramolecular Hbond substituents is 1. The summed E-state index contributed by atoms with van der Waals surface area (Å²) in [5.41, 5.74) is 2.10. The van der Waals surface area contributed by atoms with Gasteiger partial charge >= 0.3 is 0 Å². The van der Waals surface area contributed by atoms with Crippen molar-refractivity contribution in [1.82, 2.24) is 0 Å². The third kappa shape index (κ3) is 2.80. The molecule has 2 rings (SSSR count). The molecular weight excluding hydrogens is 280 g/mol. The van der Waals surface area contributed by atoms with Gasteiger partial charge in [0.2, 0.25) is 0 Å². The second-order valence-corrected chi connectivity index (χ2v) is 4.61. The Morgan fingerprint density at radius 3 is 2.53 bits per heavy atom. The number of aryl methyl sites for hydroxylation is 1. The van der Waals surface area contributed by atoms with Gasteiger partial charge in [-0.05, 0) is 40.0 Å². The van der Waals surface area contributed by atoms with Crippen LogP contribution in [0.3, 0.4) is 0 Å². The summed E-state index contributed by atoms with van der Waals surface area (Å²) in [6.45, 7) is 2.40. The van der Waals surface area contributed by atoms with E-state index in [2.05, 4.69) is 15.9 Å². The lowest BCUT2D eigenvalue weighted by Crippen LogP contribution is -1.96. The average molecular weight is 293 g/mol. The summed E-state index contributed by atoms with van der Waals surface area (Å²) in [6.07, 6.45) is 0. The summed E-state index contributed by atoms with van der Waals surface area (Å²) in [5.74, 6) is 0.646. The van der Waals surface area contributed by atoms with Gasteiger partial charge in [-0.15, -0.1) is 0 Å². The van der Waals surface area contributed by atoms with Gasteiger partial charge in [0.25, 0.3) is 0 Å². The summed E-state index contributed by atoms with van der Waals surface area (Å²) in [4.78, 5) is 0. The number of halogens is 1. The van der Waals surface area contributed by atoms with Gasteiger partial charge < -0.3 is 9.84 Å². The lowest BCUT2D eigenvalue weighted by atomic mass is 10.2. The molecule has 0 aliphatic heterocycles. The Kier molecular flexibility index (Phi) is 3.69. The molecule has 0 amide bonds. The van der Waals surface area contributed by atoms with Crippen LogP contribution >= 0.6 is 15.9 Å². The molecule has 0 heterocycles. The molecule has 2 aromatic carbocycles. The lowest BCUT2D eigenvalue weighted by molar-refractivity contribution is 0.287. The van der Waals surface area contributed by atoms with E-state index in [1.165, 1.54) is 0 Å². The normalized spacial score (nSPS) is 10.2. The fourth-order valence-corrected chi connectivity index (χ4v) is 1.96. The maximum absolute atomic E-state index is 9.74. The molecule has 0 radical (unpaired) electrons. The number of hydrogen-bond acceptors (Lipinski definition) is 2. The van der Waals surface area contributed by atoms with Crippen molar-refractivity contribution in [1.29, 1.82) is 0 Å². The molecule has 2 aromatic rings. The van der Waals surface area contributed by atoms with Gasteiger partial charge in [0, 0.05) is 0 Å². The highest BCUT2D eigenvalue weighted by atomic mass is 79.9. The minimum Gasteiger partial charge on any atom is -0.504 e. The first-order valence-corrected chi connectivity index (χ1v) is 6.12. The Balaban J connectivity index is 2.17. The van der Waals surface area contributed by atoms with Crippen LogP contribution < -0.4 is 4.74 Å². The molecule has 0 atom stereocenters. The Morgan fingerprint density at radius 2 is 1.82 bits per heavy atom. The number of rotatable bonds is 3. The highest BCUT2D eigenvalue weighted by Gasteiger charge is 2.09. The maximum Gasteiger partial charge on any atom is 0.175 e. The minimum absolute atomic E-state index is 0.151. The standard InChI is InChI=1S/C14H13BrO2/c1-10-7-8-12(16)14(13(10)15)17-9-11-5-3-2-4-6-11/h2-8,16H,9H2,1H3. The number of aromatic hydroxyl groups is 1. The first-order chi connectivity index (χ1) is 8.18. The Labute approximate surface area is 109 Å². The SMILES string of the molecule is Cc1ccc(O)c(OCc2ccccc2)c1Br. The van der Waals surface area contributed by atoms with Crippen LogP contribution in [0.4, 0.5) is 0 Å². The highest BCUT2D eigenvalue weighted by molar-refractivity contribution is 9.10. The molecule has 0 aromatic heterocycles. The zero-order valence-electron chi connectivity index (χ0n) is 9.48. The second kappa shape index (κ2) is 5.23. The summed E-state index contributed by atoms with van der Waals surface area (Å²) in [6, 6.07) is 13.3. The predicted molar refractivity (Wildman–Crippen MR) is 71.3 cm³/mol. The zero-order chi connectivity index (χ0) is 12.3. The van der Waals surface area contributed by atoms with Gasteiger partial charge in [0.05, 0.1) is 4.47 Å². The molecule has 0 unspecified atom stereocenters. The topological polar surface area (TPSA) is 29.5 Å². The minimum atomic E-state index is 0.151. The van der Waals surface area contributed by atoms with Crippen molar-refractivity contribution < 1.29 is 9.84 Å². The third-order valence-electron chi connectivity index (χ3n) is 2.50. The van der Waals surface area contributed by atoms with Crippen LogP contribution in [0.1, 0.15) is 11.1 Å². The van der Waals surface area contributed by atoms with Crippen LogP contribution in [0.2, 0.25) is 0 Å². The largest absolute Gasteiger partial charge is 0.504 e. The predicted octanol–water partition coefficient (Wildman–Crippen LogP) is 4.04. The summed E-state index contributed by atoms with van der Waals surface area (Å²) < 4.78 is 6.44. The second-order valence-electron chi connectivity index (χ2n) is 3.82. The fourth-order valence-electron chi connectivity index (χ4n) is 1.51. The third-order valence-corrected chi connectivity index (χ3v) is 3.48.